The van der Waals surface area contributed by atoms with E-state index in [-0.39, 0.29) is 5.15 Å². The van der Waals surface area contributed by atoms with E-state index < -0.39 is 0 Å². The van der Waals surface area contributed by atoms with Crippen LogP contribution < -0.4 is 5.32 Å². The van der Waals surface area contributed by atoms with Gasteiger partial charge in [0.25, 0.3) is 0 Å². The van der Waals surface area contributed by atoms with Gasteiger partial charge < -0.3 is 5.32 Å². The summed E-state index contributed by atoms with van der Waals surface area (Å²) < 4.78 is 1.80. The van der Waals surface area contributed by atoms with Gasteiger partial charge in [-0.15, -0.1) is 0 Å². The van der Waals surface area contributed by atoms with Crippen LogP contribution in [0.1, 0.15) is 23.1 Å². The lowest BCUT2D eigenvalue weighted by Crippen LogP contribution is -2.00. The van der Waals surface area contributed by atoms with Crippen LogP contribution in [0, 0.1) is 11.3 Å². The van der Waals surface area contributed by atoms with Gasteiger partial charge in [-0.2, -0.15) is 10.4 Å². The highest BCUT2D eigenvalue weighted by Crippen LogP contribution is 2.26. The number of nitrogens with zero attached hydrogens (tertiary/aromatic N) is 4. The minimum atomic E-state index is 0.256. The summed E-state index contributed by atoms with van der Waals surface area (Å²) in [6, 6.07) is 2.01. The lowest BCUT2D eigenvalue weighted by atomic mass is 10.2. The molecule has 0 fully saturated rings. The largest absolute Gasteiger partial charge is 0.357 e. The molecular weight excluding hydrogens is 270 g/mol. The highest BCUT2D eigenvalue weighted by atomic mass is 35.5. The lowest BCUT2D eigenvalue weighted by molar-refractivity contribution is 0.746. The molecule has 5 nitrogen and oxygen atoms in total. The maximum Gasteiger partial charge on any atom is 0.185 e. The van der Waals surface area contributed by atoms with E-state index in [1.807, 2.05) is 19.3 Å². The summed E-state index contributed by atoms with van der Waals surface area (Å²) in [7, 11) is 1.90. The van der Waals surface area contributed by atoms with Crippen molar-refractivity contribution in [1.82, 2.24) is 14.8 Å². The second kappa shape index (κ2) is 5.38. The molecule has 0 aliphatic carbocycles. The molecule has 0 amide bonds. The van der Waals surface area contributed by atoms with Crippen molar-refractivity contribution in [3.8, 4) is 6.07 Å². The average molecular weight is 282 g/mol. The van der Waals surface area contributed by atoms with Crippen LogP contribution in [-0.4, -0.2) is 14.8 Å². The Labute approximate surface area is 114 Å². The number of nitriles is 1. The van der Waals surface area contributed by atoms with Gasteiger partial charge in [0.1, 0.15) is 10.9 Å². The van der Waals surface area contributed by atoms with E-state index in [1.165, 1.54) is 11.3 Å². The van der Waals surface area contributed by atoms with Crippen LogP contribution in [0.4, 0.5) is 5.13 Å². The Morgan fingerprint density at radius 3 is 3.00 bits per heavy atom. The van der Waals surface area contributed by atoms with Gasteiger partial charge in [-0.3, -0.25) is 4.68 Å². The molecule has 0 aliphatic rings. The van der Waals surface area contributed by atoms with E-state index in [1.54, 1.807) is 4.68 Å². The van der Waals surface area contributed by atoms with Gasteiger partial charge in [-0.05, 0) is 6.42 Å². The van der Waals surface area contributed by atoms with Crippen LogP contribution in [0.15, 0.2) is 6.20 Å². The Bertz CT molecular complexity index is 595. The van der Waals surface area contributed by atoms with E-state index in [9.17, 15) is 0 Å². The SMILES string of the molecule is CCc1nn(C)cc1CNc1nc(Cl)c(C#N)s1. The molecule has 0 aromatic carbocycles. The van der Waals surface area contributed by atoms with Gasteiger partial charge in [0.2, 0.25) is 0 Å². The van der Waals surface area contributed by atoms with Crippen molar-refractivity contribution in [3.63, 3.8) is 0 Å². The monoisotopic (exact) mass is 281 g/mol. The molecule has 0 radical (unpaired) electrons. The van der Waals surface area contributed by atoms with Crippen molar-refractivity contribution in [2.75, 3.05) is 5.32 Å². The van der Waals surface area contributed by atoms with Gasteiger partial charge in [0, 0.05) is 25.4 Å². The molecule has 0 spiro atoms. The maximum atomic E-state index is 8.80. The number of anilines is 1. The average Bonchev–Trinajstić information content (AvgIpc) is 2.89. The number of rotatable bonds is 4. The summed E-state index contributed by atoms with van der Waals surface area (Å²) in [5.74, 6) is 0. The van der Waals surface area contributed by atoms with Crippen LogP contribution in [0.25, 0.3) is 0 Å². The van der Waals surface area contributed by atoms with Gasteiger partial charge in [0.15, 0.2) is 10.3 Å². The zero-order valence-electron chi connectivity index (χ0n) is 10.1. The number of nitrogens with one attached hydrogen (secondary N) is 1. The third-order valence-corrected chi connectivity index (χ3v) is 3.75. The van der Waals surface area contributed by atoms with Gasteiger partial charge >= 0.3 is 0 Å². The predicted octanol–water partition coefficient (Wildman–Crippen LogP) is 2.58. The maximum absolute atomic E-state index is 8.80. The van der Waals surface area contributed by atoms with Crippen LogP contribution in [-0.2, 0) is 20.0 Å². The predicted molar refractivity (Wildman–Crippen MR) is 71.8 cm³/mol. The lowest BCUT2D eigenvalue weighted by Gasteiger charge is -2.01. The van der Waals surface area contributed by atoms with Crippen LogP contribution in [0.3, 0.4) is 0 Å². The van der Waals surface area contributed by atoms with E-state index in [2.05, 4.69) is 22.3 Å². The molecule has 0 aliphatic heterocycles. The molecule has 2 aromatic heterocycles. The van der Waals surface area contributed by atoms with Crippen molar-refractivity contribution < 1.29 is 0 Å². The molecule has 2 aromatic rings. The summed E-state index contributed by atoms with van der Waals surface area (Å²) in [5.41, 5.74) is 2.19. The first kappa shape index (κ1) is 12.9. The number of aryl methyl sites for hydroxylation is 2. The minimum Gasteiger partial charge on any atom is -0.357 e. The minimum absolute atomic E-state index is 0.256. The number of thiazole rings is 1. The summed E-state index contributed by atoms with van der Waals surface area (Å²) in [5, 5.41) is 17.2. The fraction of sp³-hybridized carbons (Fsp3) is 0.364. The standard InChI is InChI=1S/C11H12ClN5S/c1-3-8-7(6-17(2)16-8)5-14-11-15-10(12)9(4-13)18-11/h6H,3,5H2,1-2H3,(H,14,15). The van der Waals surface area contributed by atoms with Crippen LogP contribution in [0.5, 0.6) is 0 Å². The number of hydrogen-bond donors (Lipinski definition) is 1. The Kier molecular flexibility index (Phi) is 3.84. The highest BCUT2D eigenvalue weighted by molar-refractivity contribution is 7.16. The van der Waals surface area contributed by atoms with Crippen molar-refractivity contribution in [1.29, 1.82) is 5.26 Å². The molecule has 7 heteroatoms. The molecule has 1 N–H and O–H groups in total. The first-order valence-corrected chi connectivity index (χ1v) is 6.65. The Hall–Kier alpha value is -1.58. The zero-order valence-corrected chi connectivity index (χ0v) is 11.6. The van der Waals surface area contributed by atoms with Crippen LogP contribution in [0.2, 0.25) is 5.15 Å². The molecule has 0 unspecified atom stereocenters. The molecular formula is C11H12ClN5S. The highest BCUT2D eigenvalue weighted by Gasteiger charge is 2.10. The summed E-state index contributed by atoms with van der Waals surface area (Å²) in [6.07, 6.45) is 2.87. The van der Waals surface area contributed by atoms with Crippen molar-refractivity contribution in [2.45, 2.75) is 19.9 Å². The topological polar surface area (TPSA) is 66.5 Å². The molecule has 0 saturated heterocycles. The molecule has 18 heavy (non-hydrogen) atoms. The van der Waals surface area contributed by atoms with Gasteiger partial charge in [-0.1, -0.05) is 29.9 Å². The Morgan fingerprint density at radius 1 is 1.61 bits per heavy atom. The quantitative estimate of drug-likeness (QED) is 0.935. The molecule has 2 heterocycles. The molecule has 0 atom stereocenters. The van der Waals surface area contributed by atoms with Gasteiger partial charge in [0.05, 0.1) is 5.69 Å². The normalized spacial score (nSPS) is 10.3. The summed E-state index contributed by atoms with van der Waals surface area (Å²) in [4.78, 5) is 4.51. The van der Waals surface area contributed by atoms with E-state index in [0.29, 0.717) is 16.6 Å². The first-order valence-electron chi connectivity index (χ1n) is 5.45. The molecule has 94 valence electrons. The third-order valence-electron chi connectivity index (χ3n) is 2.44. The summed E-state index contributed by atoms with van der Waals surface area (Å²) >= 11 is 7.07. The fourth-order valence-corrected chi connectivity index (χ4v) is 2.59. The number of aromatic nitrogens is 3. The van der Waals surface area contributed by atoms with E-state index in [0.717, 1.165) is 17.7 Å². The summed E-state index contributed by atoms with van der Waals surface area (Å²) in [6.45, 7) is 2.70. The fourth-order valence-electron chi connectivity index (χ4n) is 1.65. The number of hydrogen-bond acceptors (Lipinski definition) is 5. The van der Waals surface area contributed by atoms with Gasteiger partial charge in [-0.25, -0.2) is 4.98 Å². The molecule has 2 rings (SSSR count). The smallest absolute Gasteiger partial charge is 0.185 e. The Balaban J connectivity index is 2.09. The van der Waals surface area contributed by atoms with Crippen molar-refractivity contribution in [2.24, 2.45) is 7.05 Å². The number of halogens is 1. The third kappa shape index (κ3) is 2.63. The van der Waals surface area contributed by atoms with Crippen molar-refractivity contribution >= 4 is 28.1 Å². The Morgan fingerprint density at radius 2 is 2.39 bits per heavy atom. The molecule has 0 bridgehead atoms. The van der Waals surface area contributed by atoms with Crippen molar-refractivity contribution in [3.05, 3.63) is 27.5 Å². The zero-order chi connectivity index (χ0) is 13.1. The van der Waals surface area contributed by atoms with E-state index in [4.69, 9.17) is 16.9 Å². The second-order valence-corrected chi connectivity index (χ2v) is 5.09. The van der Waals surface area contributed by atoms with E-state index >= 15 is 0 Å². The molecule has 0 saturated carbocycles. The first-order chi connectivity index (χ1) is 8.63. The second-order valence-electron chi connectivity index (χ2n) is 3.73. The van der Waals surface area contributed by atoms with Crippen LogP contribution >= 0.6 is 22.9 Å².